The topological polar surface area (TPSA) is 89.1 Å². The van der Waals surface area contributed by atoms with E-state index >= 15 is 0 Å². The minimum atomic E-state index is -0.762. The summed E-state index contributed by atoms with van der Waals surface area (Å²) in [6, 6.07) is 34.3. The number of likely N-dealkylation sites (tertiary alicyclic amines) is 1. The van der Waals surface area contributed by atoms with E-state index in [1.165, 1.54) is 52.0 Å². The van der Waals surface area contributed by atoms with Crippen LogP contribution in [0.15, 0.2) is 103 Å². The Labute approximate surface area is 317 Å². The van der Waals surface area contributed by atoms with Crippen LogP contribution < -0.4 is 20.1 Å². The van der Waals surface area contributed by atoms with Gasteiger partial charge >= 0.3 is 6.09 Å². The third-order valence-electron chi connectivity index (χ3n) is 9.17. The van der Waals surface area contributed by atoms with Crippen LogP contribution in [0.2, 0.25) is 0 Å². The minimum Gasteiger partial charge on any atom is -0.494 e. The number of hydrogen-bond donors (Lipinski definition) is 2. The highest BCUT2D eigenvalue weighted by atomic mass is 32.1. The third-order valence-corrected chi connectivity index (χ3v) is 10.4. The number of carbonyl (C=O) groups is 2. The minimum absolute atomic E-state index is 0.264. The van der Waals surface area contributed by atoms with Crippen LogP contribution >= 0.6 is 11.3 Å². The highest BCUT2D eigenvalue weighted by molar-refractivity contribution is 7.22. The predicted octanol–water partition coefficient (Wildman–Crippen LogP) is 8.65. The Hall–Kier alpha value is -4.86. The van der Waals surface area contributed by atoms with Crippen molar-refractivity contribution < 1.29 is 23.8 Å². The van der Waals surface area contributed by atoms with Gasteiger partial charge in [0.25, 0.3) is 0 Å². The van der Waals surface area contributed by atoms with Crippen LogP contribution in [0.25, 0.3) is 20.5 Å². The SMILES string of the molecule is CC(C)(C)OC(=O)NC(Cc1ccccc1)C(=O)NCCCOc1ccc(-c2sc3ccccc3c2Cc2ccc(OCCN3CCCC3)cc2)cc1. The first kappa shape index (κ1) is 37.9. The number of nitrogens with zero attached hydrogens (tertiary/aromatic N) is 1. The summed E-state index contributed by atoms with van der Waals surface area (Å²) in [4.78, 5) is 29.4. The number of carbonyl (C=O) groups excluding carboxylic acids is 2. The van der Waals surface area contributed by atoms with Gasteiger partial charge in [0.2, 0.25) is 5.91 Å². The number of fused-ring (bicyclic) bond motifs is 1. The zero-order valence-electron chi connectivity index (χ0n) is 31.1. The Morgan fingerprint density at radius 1 is 0.792 bits per heavy atom. The molecule has 1 fully saturated rings. The second-order valence-corrected chi connectivity index (χ2v) is 15.6. The van der Waals surface area contributed by atoms with Crippen LogP contribution in [0.3, 0.4) is 0 Å². The Morgan fingerprint density at radius 3 is 2.17 bits per heavy atom. The second-order valence-electron chi connectivity index (χ2n) is 14.5. The fraction of sp³-hybridized carbons (Fsp3) is 0.364. The zero-order valence-corrected chi connectivity index (χ0v) is 31.9. The van der Waals surface area contributed by atoms with Crippen LogP contribution in [0.1, 0.15) is 56.7 Å². The van der Waals surface area contributed by atoms with E-state index in [-0.39, 0.29) is 5.91 Å². The van der Waals surface area contributed by atoms with Gasteiger partial charge in [-0.2, -0.15) is 0 Å². The summed E-state index contributed by atoms with van der Waals surface area (Å²) < 4.78 is 18.8. The Bertz CT molecular complexity index is 1910. The van der Waals surface area contributed by atoms with Gasteiger partial charge in [-0.1, -0.05) is 60.7 Å². The summed E-state index contributed by atoms with van der Waals surface area (Å²) in [6.45, 7) is 10.3. The van der Waals surface area contributed by atoms with E-state index in [4.69, 9.17) is 14.2 Å². The summed E-state index contributed by atoms with van der Waals surface area (Å²) in [7, 11) is 0. The van der Waals surface area contributed by atoms with Crippen LogP contribution in [-0.2, 0) is 22.4 Å². The molecule has 0 aliphatic carbocycles. The van der Waals surface area contributed by atoms with Gasteiger partial charge in [-0.25, -0.2) is 4.79 Å². The van der Waals surface area contributed by atoms with Gasteiger partial charge in [0.1, 0.15) is 29.7 Å². The molecular weight excluding hydrogens is 683 g/mol. The van der Waals surface area contributed by atoms with Crippen LogP contribution in [-0.4, -0.2) is 67.9 Å². The first-order valence-electron chi connectivity index (χ1n) is 18.7. The maximum absolute atomic E-state index is 13.1. The standard InChI is InChI=1S/C44H51N3O5S/c1-44(2,3)52-43(49)46-39(31-32-12-5-4-6-13-32)42(48)45-24-11-28-50-36-22-18-34(19-23-36)41-38(37-14-7-8-15-40(37)53-41)30-33-16-20-35(21-17-33)51-29-27-47-25-9-10-26-47/h4-8,12-23,39H,9-11,24-31H2,1-3H3,(H,45,48)(H,46,49). The number of alkyl carbamates (subject to hydrolysis) is 1. The summed E-state index contributed by atoms with van der Waals surface area (Å²) >= 11 is 1.82. The number of rotatable bonds is 16. The number of thiophene rings is 1. The highest BCUT2D eigenvalue weighted by Gasteiger charge is 2.24. The summed E-state index contributed by atoms with van der Waals surface area (Å²) in [5, 5.41) is 6.98. The van der Waals surface area contributed by atoms with Gasteiger partial charge in [0.15, 0.2) is 0 Å². The van der Waals surface area contributed by atoms with Crippen molar-refractivity contribution in [2.45, 2.75) is 64.5 Å². The molecule has 4 aromatic carbocycles. The van der Waals surface area contributed by atoms with Crippen molar-refractivity contribution in [3.05, 3.63) is 120 Å². The van der Waals surface area contributed by atoms with Gasteiger partial charge < -0.3 is 24.8 Å². The fourth-order valence-corrected chi connectivity index (χ4v) is 7.75. The lowest BCUT2D eigenvalue weighted by Gasteiger charge is -2.23. The summed E-state index contributed by atoms with van der Waals surface area (Å²) in [6.07, 6.45) is 3.77. The van der Waals surface area contributed by atoms with E-state index in [2.05, 4.69) is 76.2 Å². The molecule has 1 unspecified atom stereocenters. The summed E-state index contributed by atoms with van der Waals surface area (Å²) in [5.74, 6) is 1.43. The lowest BCUT2D eigenvalue weighted by molar-refractivity contribution is -0.123. The number of ether oxygens (including phenoxy) is 3. The van der Waals surface area contributed by atoms with Crippen molar-refractivity contribution in [2.75, 3.05) is 39.4 Å². The van der Waals surface area contributed by atoms with Gasteiger partial charge in [0.05, 0.1) is 6.61 Å². The van der Waals surface area contributed by atoms with Crippen molar-refractivity contribution in [1.29, 1.82) is 0 Å². The number of amides is 2. The average Bonchev–Trinajstić information content (AvgIpc) is 3.80. The molecule has 0 saturated carbocycles. The molecule has 1 aliphatic rings. The Kier molecular flexibility index (Phi) is 13.0. The molecule has 5 aromatic rings. The molecule has 1 atom stereocenters. The zero-order chi connectivity index (χ0) is 37.0. The maximum atomic E-state index is 13.1. The number of nitrogens with one attached hydrogen (secondary N) is 2. The van der Waals surface area contributed by atoms with E-state index in [9.17, 15) is 9.59 Å². The highest BCUT2D eigenvalue weighted by Crippen LogP contribution is 2.40. The molecule has 0 radical (unpaired) electrons. The molecule has 1 saturated heterocycles. The average molecular weight is 734 g/mol. The van der Waals surface area contributed by atoms with E-state index in [1.54, 1.807) is 20.8 Å². The normalized spacial score (nSPS) is 13.8. The fourth-order valence-electron chi connectivity index (χ4n) is 6.52. The molecule has 6 rings (SSSR count). The molecule has 0 bridgehead atoms. The summed E-state index contributed by atoms with van der Waals surface area (Å²) in [5.41, 5.74) is 4.01. The van der Waals surface area contributed by atoms with Crippen molar-refractivity contribution in [2.24, 2.45) is 0 Å². The maximum Gasteiger partial charge on any atom is 0.408 e. The number of benzene rings is 4. The van der Waals surface area contributed by atoms with Crippen molar-refractivity contribution in [3.63, 3.8) is 0 Å². The molecule has 1 aromatic heterocycles. The Balaban J connectivity index is 1.01. The lowest BCUT2D eigenvalue weighted by Crippen LogP contribution is -2.49. The van der Waals surface area contributed by atoms with E-state index in [1.807, 2.05) is 53.8 Å². The van der Waals surface area contributed by atoms with Gasteiger partial charge in [-0.15, -0.1) is 11.3 Å². The van der Waals surface area contributed by atoms with E-state index in [0.717, 1.165) is 42.2 Å². The van der Waals surface area contributed by atoms with Crippen molar-refractivity contribution in [1.82, 2.24) is 15.5 Å². The third kappa shape index (κ3) is 11.3. The van der Waals surface area contributed by atoms with Gasteiger partial charge in [-0.3, -0.25) is 9.69 Å². The molecule has 2 amide bonds. The van der Waals surface area contributed by atoms with E-state index in [0.29, 0.717) is 26.0 Å². The monoisotopic (exact) mass is 733 g/mol. The van der Waals surface area contributed by atoms with E-state index < -0.39 is 17.7 Å². The van der Waals surface area contributed by atoms with Gasteiger partial charge in [-0.05, 0) is 130 Å². The number of hydrogen-bond acceptors (Lipinski definition) is 7. The smallest absolute Gasteiger partial charge is 0.408 e. The molecule has 1 aliphatic heterocycles. The molecule has 8 nitrogen and oxygen atoms in total. The second kappa shape index (κ2) is 18.3. The molecule has 2 heterocycles. The first-order chi connectivity index (χ1) is 25.7. The Morgan fingerprint density at radius 2 is 1.45 bits per heavy atom. The largest absolute Gasteiger partial charge is 0.494 e. The van der Waals surface area contributed by atoms with Crippen LogP contribution in [0.5, 0.6) is 11.5 Å². The van der Waals surface area contributed by atoms with Crippen LogP contribution in [0, 0.1) is 0 Å². The van der Waals surface area contributed by atoms with Crippen molar-refractivity contribution in [3.8, 4) is 21.9 Å². The van der Waals surface area contributed by atoms with Crippen molar-refractivity contribution >= 4 is 33.4 Å². The molecule has 278 valence electrons. The molecule has 9 heteroatoms. The molecule has 53 heavy (non-hydrogen) atoms. The molecular formula is C44H51N3O5S. The molecule has 2 N–H and O–H groups in total. The van der Waals surface area contributed by atoms with Crippen LogP contribution in [0.4, 0.5) is 4.79 Å². The molecule has 0 spiro atoms. The first-order valence-corrected chi connectivity index (χ1v) is 19.5. The predicted molar refractivity (Wildman–Crippen MR) is 214 cm³/mol. The lowest BCUT2D eigenvalue weighted by atomic mass is 9.99. The quantitative estimate of drug-likeness (QED) is 0.0988. The van der Waals surface area contributed by atoms with Gasteiger partial charge in [0, 0.05) is 29.1 Å².